The number of anilines is 2. The molecule has 19 heavy (non-hydrogen) atoms. The van der Waals surface area contributed by atoms with Gasteiger partial charge in [0.25, 0.3) is 0 Å². The molecule has 1 aromatic heterocycles. The lowest BCUT2D eigenvalue weighted by Crippen LogP contribution is -2.51. The number of fused-ring (bicyclic) bond motifs is 1. The van der Waals surface area contributed by atoms with Crippen molar-refractivity contribution in [2.45, 2.75) is 18.9 Å². The van der Waals surface area contributed by atoms with Crippen molar-refractivity contribution in [2.75, 3.05) is 36.9 Å². The molecular weight excluding hydrogens is 310 g/mol. The fourth-order valence-corrected chi connectivity index (χ4v) is 3.20. The molecule has 102 valence electrons. The minimum atomic E-state index is 0.294. The molecule has 0 aromatic carbocycles. The van der Waals surface area contributed by atoms with Crippen molar-refractivity contribution in [1.82, 2.24) is 14.9 Å². The minimum Gasteiger partial charge on any atom is -0.357 e. The molecule has 2 aliphatic heterocycles. The van der Waals surface area contributed by atoms with E-state index in [2.05, 4.69) is 36.1 Å². The third-order valence-corrected chi connectivity index (χ3v) is 4.30. The van der Waals surface area contributed by atoms with E-state index in [0.29, 0.717) is 24.3 Å². The number of rotatable bonds is 2. The quantitative estimate of drug-likeness (QED) is 0.882. The lowest BCUT2D eigenvalue weighted by Gasteiger charge is -2.38. The lowest BCUT2D eigenvalue weighted by molar-refractivity contribution is -0.129. The lowest BCUT2D eigenvalue weighted by atomic mass is 10.1. The first-order chi connectivity index (χ1) is 9.19. The molecule has 0 aliphatic carbocycles. The molecule has 0 spiro atoms. The van der Waals surface area contributed by atoms with Gasteiger partial charge < -0.3 is 15.1 Å². The molecule has 1 amide bonds. The van der Waals surface area contributed by atoms with Crippen LogP contribution in [-0.4, -0.2) is 53.5 Å². The molecule has 3 heterocycles. The van der Waals surface area contributed by atoms with Gasteiger partial charge >= 0.3 is 0 Å². The van der Waals surface area contributed by atoms with Crippen molar-refractivity contribution >= 4 is 33.6 Å². The molecule has 1 aromatic rings. The first kappa shape index (κ1) is 12.7. The first-order valence-corrected chi connectivity index (χ1v) is 7.23. The highest BCUT2D eigenvalue weighted by atomic mass is 79.9. The fourth-order valence-electron chi connectivity index (χ4n) is 2.76. The van der Waals surface area contributed by atoms with Gasteiger partial charge in [0.1, 0.15) is 5.82 Å². The second-order valence-electron chi connectivity index (χ2n) is 4.84. The molecule has 1 N–H and O–H groups in total. The standard InChI is InChI=1S/C12H16BrN5O/c1-14-12-15-6-9(13)11(16-12)17-4-5-18-8(7-17)2-3-10(18)19/h6,8H,2-5,7H2,1H3,(H,14,15,16). The van der Waals surface area contributed by atoms with E-state index in [4.69, 9.17) is 0 Å². The van der Waals surface area contributed by atoms with Gasteiger partial charge in [0.2, 0.25) is 11.9 Å². The van der Waals surface area contributed by atoms with Gasteiger partial charge in [-0.25, -0.2) is 4.98 Å². The Morgan fingerprint density at radius 1 is 1.47 bits per heavy atom. The Morgan fingerprint density at radius 3 is 3.11 bits per heavy atom. The van der Waals surface area contributed by atoms with Gasteiger partial charge in [-0.2, -0.15) is 4.98 Å². The number of amides is 1. The smallest absolute Gasteiger partial charge is 0.224 e. The summed E-state index contributed by atoms with van der Waals surface area (Å²) in [5.74, 6) is 1.81. The highest BCUT2D eigenvalue weighted by Gasteiger charge is 2.36. The molecule has 0 radical (unpaired) electrons. The van der Waals surface area contributed by atoms with E-state index in [9.17, 15) is 4.79 Å². The predicted molar refractivity (Wildman–Crippen MR) is 76.2 cm³/mol. The molecule has 2 aliphatic rings. The highest BCUT2D eigenvalue weighted by molar-refractivity contribution is 9.10. The zero-order valence-corrected chi connectivity index (χ0v) is 12.4. The summed E-state index contributed by atoms with van der Waals surface area (Å²) in [7, 11) is 1.81. The van der Waals surface area contributed by atoms with Crippen LogP contribution >= 0.6 is 15.9 Å². The number of carbonyl (C=O) groups excluding carboxylic acids is 1. The molecule has 2 fully saturated rings. The van der Waals surface area contributed by atoms with Crippen LogP contribution in [0.2, 0.25) is 0 Å². The number of nitrogens with one attached hydrogen (secondary N) is 1. The average Bonchev–Trinajstić information content (AvgIpc) is 2.80. The van der Waals surface area contributed by atoms with Crippen molar-refractivity contribution in [2.24, 2.45) is 0 Å². The van der Waals surface area contributed by atoms with Crippen LogP contribution in [0.4, 0.5) is 11.8 Å². The van der Waals surface area contributed by atoms with Gasteiger partial charge in [0.05, 0.1) is 4.47 Å². The van der Waals surface area contributed by atoms with Crippen molar-refractivity contribution in [3.05, 3.63) is 10.7 Å². The molecule has 0 bridgehead atoms. The molecule has 1 unspecified atom stereocenters. The number of carbonyl (C=O) groups is 1. The Kier molecular flexibility index (Phi) is 3.30. The summed E-state index contributed by atoms with van der Waals surface area (Å²) in [4.78, 5) is 24.6. The largest absolute Gasteiger partial charge is 0.357 e. The second kappa shape index (κ2) is 4.96. The van der Waals surface area contributed by atoms with E-state index in [-0.39, 0.29) is 0 Å². The van der Waals surface area contributed by atoms with Gasteiger partial charge in [-0.3, -0.25) is 4.79 Å². The molecule has 0 saturated carbocycles. The van der Waals surface area contributed by atoms with Gasteiger partial charge in [0, 0.05) is 45.3 Å². The third kappa shape index (κ3) is 2.27. The highest BCUT2D eigenvalue weighted by Crippen LogP contribution is 2.29. The van der Waals surface area contributed by atoms with Crippen LogP contribution in [0.25, 0.3) is 0 Å². The second-order valence-corrected chi connectivity index (χ2v) is 5.70. The zero-order valence-electron chi connectivity index (χ0n) is 10.8. The SMILES string of the molecule is CNc1ncc(Br)c(N2CCN3C(=O)CCC3C2)n1. The molecule has 2 saturated heterocycles. The van der Waals surface area contributed by atoms with Crippen LogP contribution in [0.5, 0.6) is 0 Å². The van der Waals surface area contributed by atoms with Crippen LogP contribution < -0.4 is 10.2 Å². The van der Waals surface area contributed by atoms with E-state index in [1.165, 1.54) is 0 Å². The summed E-state index contributed by atoms with van der Waals surface area (Å²) in [5.41, 5.74) is 0. The summed E-state index contributed by atoms with van der Waals surface area (Å²) in [6.07, 6.45) is 3.41. The molecule has 6 nitrogen and oxygen atoms in total. The van der Waals surface area contributed by atoms with Crippen LogP contribution in [0.15, 0.2) is 10.7 Å². The van der Waals surface area contributed by atoms with Crippen LogP contribution in [0.3, 0.4) is 0 Å². The Labute approximate surface area is 120 Å². The fraction of sp³-hybridized carbons (Fsp3) is 0.583. The van der Waals surface area contributed by atoms with E-state index >= 15 is 0 Å². The Hall–Kier alpha value is -1.37. The Morgan fingerprint density at radius 2 is 2.32 bits per heavy atom. The average molecular weight is 326 g/mol. The van der Waals surface area contributed by atoms with Gasteiger partial charge in [0.15, 0.2) is 0 Å². The van der Waals surface area contributed by atoms with Gasteiger partial charge in [-0.1, -0.05) is 0 Å². The van der Waals surface area contributed by atoms with Crippen molar-refractivity contribution in [3.63, 3.8) is 0 Å². The number of hydrogen-bond donors (Lipinski definition) is 1. The van der Waals surface area contributed by atoms with E-state index in [1.54, 1.807) is 13.2 Å². The molecular formula is C12H16BrN5O. The molecule has 7 heteroatoms. The van der Waals surface area contributed by atoms with Crippen molar-refractivity contribution in [3.8, 4) is 0 Å². The third-order valence-electron chi connectivity index (χ3n) is 3.74. The minimum absolute atomic E-state index is 0.294. The number of nitrogens with zero attached hydrogens (tertiary/aromatic N) is 4. The number of piperazine rings is 1. The maximum absolute atomic E-state index is 11.7. The maximum Gasteiger partial charge on any atom is 0.224 e. The van der Waals surface area contributed by atoms with Crippen molar-refractivity contribution < 1.29 is 4.79 Å². The zero-order chi connectivity index (χ0) is 13.4. The summed E-state index contributed by atoms with van der Waals surface area (Å²) in [6.45, 7) is 2.46. The summed E-state index contributed by atoms with van der Waals surface area (Å²) in [6, 6.07) is 0.334. The number of hydrogen-bond acceptors (Lipinski definition) is 5. The summed E-state index contributed by atoms with van der Waals surface area (Å²) in [5, 5.41) is 2.95. The predicted octanol–water partition coefficient (Wildman–Crippen LogP) is 1.09. The summed E-state index contributed by atoms with van der Waals surface area (Å²) >= 11 is 3.50. The van der Waals surface area contributed by atoms with Crippen molar-refractivity contribution in [1.29, 1.82) is 0 Å². The monoisotopic (exact) mass is 325 g/mol. The van der Waals surface area contributed by atoms with E-state index in [1.807, 2.05) is 4.90 Å². The normalized spacial score (nSPS) is 22.6. The van der Waals surface area contributed by atoms with Gasteiger partial charge in [-0.05, 0) is 22.4 Å². The van der Waals surface area contributed by atoms with Gasteiger partial charge in [-0.15, -0.1) is 0 Å². The Balaban J connectivity index is 1.82. The van der Waals surface area contributed by atoms with Crippen LogP contribution in [0, 0.1) is 0 Å². The maximum atomic E-state index is 11.7. The molecule has 3 rings (SSSR count). The first-order valence-electron chi connectivity index (χ1n) is 6.43. The topological polar surface area (TPSA) is 61.4 Å². The van der Waals surface area contributed by atoms with E-state index < -0.39 is 0 Å². The van der Waals surface area contributed by atoms with Crippen LogP contribution in [-0.2, 0) is 4.79 Å². The van der Waals surface area contributed by atoms with Crippen LogP contribution in [0.1, 0.15) is 12.8 Å². The Bertz CT molecular complexity index is 509. The number of aromatic nitrogens is 2. The van der Waals surface area contributed by atoms with E-state index in [0.717, 1.165) is 36.3 Å². The number of halogens is 1. The molecule has 1 atom stereocenters. The summed E-state index contributed by atoms with van der Waals surface area (Å²) < 4.78 is 0.893.